The van der Waals surface area contributed by atoms with Gasteiger partial charge in [0.1, 0.15) is 6.54 Å². The van der Waals surface area contributed by atoms with Gasteiger partial charge in [0.05, 0.1) is 48.5 Å². The molecule has 4 aromatic rings. The minimum absolute atomic E-state index is 0.00269. The molecule has 13 nitrogen and oxygen atoms in total. The number of aromatic amines is 1. The third kappa shape index (κ3) is 4.51. The summed E-state index contributed by atoms with van der Waals surface area (Å²) in [6, 6.07) is 5.90. The van der Waals surface area contributed by atoms with Crippen molar-refractivity contribution in [2.45, 2.75) is 6.54 Å². The average Bonchev–Trinajstić information content (AvgIpc) is 3.55. The van der Waals surface area contributed by atoms with Crippen molar-refractivity contribution in [3.8, 4) is 11.3 Å². The Morgan fingerprint density at radius 2 is 1.81 bits per heavy atom. The highest BCUT2D eigenvalue weighted by Gasteiger charge is 2.27. The van der Waals surface area contributed by atoms with Crippen LogP contribution in [0.1, 0.15) is 0 Å². The van der Waals surface area contributed by atoms with Gasteiger partial charge in [-0.25, -0.2) is 18.1 Å². The quantitative estimate of drug-likeness (QED) is 0.389. The first-order chi connectivity index (χ1) is 17.9. The topological polar surface area (TPSA) is 142 Å². The Labute approximate surface area is 213 Å². The predicted molar refractivity (Wildman–Crippen MR) is 136 cm³/mol. The Kier molecular flexibility index (Phi) is 6.01. The second-order valence-electron chi connectivity index (χ2n) is 9.19. The van der Waals surface area contributed by atoms with E-state index in [1.807, 2.05) is 18.2 Å². The summed E-state index contributed by atoms with van der Waals surface area (Å²) >= 11 is 0. The fourth-order valence-electron chi connectivity index (χ4n) is 4.84. The van der Waals surface area contributed by atoms with E-state index in [1.54, 1.807) is 22.0 Å². The van der Waals surface area contributed by atoms with Crippen LogP contribution in [-0.4, -0.2) is 112 Å². The SMILES string of the molecule is CS(=O)(=O)N1CCN(C(=O)Cn2ncc3c(-c4cccc5[nH]ncc45)nc(N4CCOCC4)nc32)CC1. The van der Waals surface area contributed by atoms with Crippen LogP contribution in [-0.2, 0) is 26.1 Å². The monoisotopic (exact) mass is 525 g/mol. The summed E-state index contributed by atoms with van der Waals surface area (Å²) in [6.07, 6.45) is 4.66. The first-order valence-electron chi connectivity index (χ1n) is 12.1. The number of aromatic nitrogens is 6. The van der Waals surface area contributed by atoms with Gasteiger partial charge in [0.15, 0.2) is 5.65 Å². The summed E-state index contributed by atoms with van der Waals surface area (Å²) in [4.78, 5) is 26.7. The molecule has 0 unspecified atom stereocenters. The number of morpholine rings is 1. The summed E-state index contributed by atoms with van der Waals surface area (Å²) in [5.74, 6) is 0.422. The summed E-state index contributed by atoms with van der Waals surface area (Å²) in [5.41, 5.74) is 3.08. The molecule has 2 aliphatic rings. The number of amides is 1. The molecule has 194 valence electrons. The second kappa shape index (κ2) is 9.36. The van der Waals surface area contributed by atoms with Gasteiger partial charge in [-0.2, -0.15) is 19.5 Å². The van der Waals surface area contributed by atoms with Crippen LogP contribution in [0, 0.1) is 0 Å². The third-order valence-electron chi connectivity index (χ3n) is 6.86. The molecule has 1 aromatic carbocycles. The molecule has 2 fully saturated rings. The average molecular weight is 526 g/mol. The number of hydrogen-bond acceptors (Lipinski definition) is 9. The van der Waals surface area contributed by atoms with Crippen LogP contribution in [0.3, 0.4) is 0 Å². The Morgan fingerprint density at radius 3 is 2.57 bits per heavy atom. The van der Waals surface area contributed by atoms with Crippen LogP contribution in [0.25, 0.3) is 33.2 Å². The minimum atomic E-state index is -3.27. The van der Waals surface area contributed by atoms with Gasteiger partial charge in [0.2, 0.25) is 21.9 Å². The maximum absolute atomic E-state index is 13.2. The highest BCUT2D eigenvalue weighted by Crippen LogP contribution is 2.33. The first kappa shape index (κ1) is 23.8. The lowest BCUT2D eigenvalue weighted by atomic mass is 10.1. The molecule has 0 radical (unpaired) electrons. The fraction of sp³-hybridized carbons (Fsp3) is 0.435. The van der Waals surface area contributed by atoms with Gasteiger partial charge in [-0.05, 0) is 6.07 Å². The molecule has 0 bridgehead atoms. The maximum atomic E-state index is 13.2. The van der Waals surface area contributed by atoms with Crippen molar-refractivity contribution >= 4 is 43.8 Å². The summed E-state index contributed by atoms with van der Waals surface area (Å²) in [5, 5.41) is 13.4. The number of carbonyl (C=O) groups excluding carboxylic acids is 1. The van der Waals surface area contributed by atoms with Crippen LogP contribution in [0.4, 0.5) is 5.95 Å². The number of piperazine rings is 1. The molecule has 37 heavy (non-hydrogen) atoms. The molecule has 2 saturated heterocycles. The first-order valence-corrected chi connectivity index (χ1v) is 13.9. The van der Waals surface area contributed by atoms with Gasteiger partial charge in [-0.15, -0.1) is 0 Å². The molecule has 3 aromatic heterocycles. The molecule has 0 atom stereocenters. The van der Waals surface area contributed by atoms with Crippen LogP contribution in [0.15, 0.2) is 30.6 Å². The molecule has 6 rings (SSSR count). The summed E-state index contributed by atoms with van der Waals surface area (Å²) in [7, 11) is -3.27. The standard InChI is InChI=1S/C23H27N9O4S/c1-37(34,35)31-7-5-29(6-8-31)20(33)15-32-22-18(14-25-32)21(16-3-2-4-19-17(16)13-24-28-19)26-23(27-22)30-9-11-36-12-10-30/h2-4,13-14H,5-12,15H2,1H3,(H,24,28). The van der Waals surface area contributed by atoms with Crippen molar-refractivity contribution in [2.24, 2.45) is 0 Å². The van der Waals surface area contributed by atoms with E-state index in [-0.39, 0.29) is 25.5 Å². The van der Waals surface area contributed by atoms with Crippen LogP contribution in [0.2, 0.25) is 0 Å². The second-order valence-corrected chi connectivity index (χ2v) is 11.2. The number of fused-ring (bicyclic) bond motifs is 2. The number of nitrogens with zero attached hydrogens (tertiary/aromatic N) is 8. The van der Waals surface area contributed by atoms with Crippen LogP contribution in [0.5, 0.6) is 0 Å². The highest BCUT2D eigenvalue weighted by molar-refractivity contribution is 7.88. The fourth-order valence-corrected chi connectivity index (χ4v) is 5.67. The smallest absolute Gasteiger partial charge is 0.244 e. The molecular weight excluding hydrogens is 498 g/mol. The Hall–Kier alpha value is -3.62. The minimum Gasteiger partial charge on any atom is -0.378 e. The van der Waals surface area contributed by atoms with E-state index < -0.39 is 10.0 Å². The Bertz CT molecular complexity index is 1570. The molecule has 0 aliphatic carbocycles. The zero-order valence-corrected chi connectivity index (χ0v) is 21.2. The van der Waals surface area contributed by atoms with E-state index in [2.05, 4.69) is 20.2 Å². The molecule has 0 saturated carbocycles. The van der Waals surface area contributed by atoms with Gasteiger partial charge in [-0.3, -0.25) is 9.89 Å². The van der Waals surface area contributed by atoms with Gasteiger partial charge >= 0.3 is 0 Å². The zero-order chi connectivity index (χ0) is 25.6. The van der Waals surface area contributed by atoms with Crippen molar-refractivity contribution in [3.05, 3.63) is 30.6 Å². The zero-order valence-electron chi connectivity index (χ0n) is 20.4. The highest BCUT2D eigenvalue weighted by atomic mass is 32.2. The number of rotatable bonds is 5. The van der Waals surface area contributed by atoms with Crippen LogP contribution < -0.4 is 4.90 Å². The van der Waals surface area contributed by atoms with Gasteiger partial charge in [-0.1, -0.05) is 12.1 Å². The molecule has 14 heteroatoms. The lowest BCUT2D eigenvalue weighted by Crippen LogP contribution is -2.51. The van der Waals surface area contributed by atoms with E-state index in [9.17, 15) is 13.2 Å². The number of hydrogen-bond donors (Lipinski definition) is 1. The van der Waals surface area contributed by atoms with E-state index >= 15 is 0 Å². The van der Waals surface area contributed by atoms with Gasteiger partial charge < -0.3 is 14.5 Å². The number of benzene rings is 1. The summed E-state index contributed by atoms with van der Waals surface area (Å²) < 4.78 is 32.1. The van der Waals surface area contributed by atoms with Crippen molar-refractivity contribution in [2.75, 3.05) is 63.6 Å². The van der Waals surface area contributed by atoms with E-state index in [0.29, 0.717) is 51.0 Å². The van der Waals surface area contributed by atoms with Crippen molar-refractivity contribution in [1.29, 1.82) is 0 Å². The number of sulfonamides is 1. The molecule has 2 aliphatic heterocycles. The van der Waals surface area contributed by atoms with Crippen LogP contribution >= 0.6 is 0 Å². The van der Waals surface area contributed by atoms with Crippen molar-refractivity contribution in [3.63, 3.8) is 0 Å². The number of anilines is 1. The number of carbonyl (C=O) groups is 1. The normalized spacial score (nSPS) is 17.6. The van der Waals surface area contributed by atoms with Gasteiger partial charge in [0.25, 0.3) is 0 Å². The number of H-pyrrole nitrogens is 1. The number of nitrogens with one attached hydrogen (secondary N) is 1. The maximum Gasteiger partial charge on any atom is 0.244 e. The Morgan fingerprint density at radius 1 is 1.03 bits per heavy atom. The Balaban J connectivity index is 1.36. The predicted octanol–water partition coefficient (Wildman–Crippen LogP) is 0.310. The largest absolute Gasteiger partial charge is 0.378 e. The molecule has 5 heterocycles. The lowest BCUT2D eigenvalue weighted by molar-refractivity contribution is -0.133. The number of ether oxygens (including phenoxy) is 1. The summed E-state index contributed by atoms with van der Waals surface area (Å²) in [6.45, 7) is 3.75. The molecular formula is C23H27N9O4S. The molecule has 1 amide bonds. The lowest BCUT2D eigenvalue weighted by Gasteiger charge is -2.33. The van der Waals surface area contributed by atoms with Crippen molar-refractivity contribution in [1.82, 2.24) is 39.2 Å². The van der Waals surface area contributed by atoms with E-state index in [4.69, 9.17) is 14.7 Å². The third-order valence-corrected chi connectivity index (χ3v) is 8.17. The molecule has 0 spiro atoms. The van der Waals surface area contributed by atoms with Gasteiger partial charge in [0, 0.05) is 50.2 Å². The van der Waals surface area contributed by atoms with Crippen molar-refractivity contribution < 1.29 is 17.9 Å². The van der Waals surface area contributed by atoms with E-state index in [0.717, 1.165) is 27.5 Å². The van der Waals surface area contributed by atoms with E-state index in [1.165, 1.54) is 10.6 Å². The molecule has 1 N–H and O–H groups in total.